The van der Waals surface area contributed by atoms with Crippen LogP contribution in [0.5, 0.6) is 0 Å². The lowest BCUT2D eigenvalue weighted by atomic mass is 9.88. The summed E-state index contributed by atoms with van der Waals surface area (Å²) >= 11 is 0. The summed E-state index contributed by atoms with van der Waals surface area (Å²) in [6.07, 6.45) is 17.2. The molecule has 0 bridgehead atoms. The summed E-state index contributed by atoms with van der Waals surface area (Å²) in [5.41, 5.74) is 59.0. The van der Waals surface area contributed by atoms with Crippen LogP contribution in [0, 0.1) is 47.3 Å². The standard InChI is InChI=1S/2C26H30N6O2.2C23H26N6O2/c2*1-14-17(8-5-15-4-6-16-7-9-20(27)31-19(16)12-15)22-23(34-26(2,3)33-22)21(14)32-11-10-18-24(28)29-13-30-25(18)32;2*1-12-15(6-3-13-2-4-14-5-7-18(24)28-17(14)10-13)20(30)21(31)19(12)29-9-8-16-22(25)26-11-27-23(16)29/h2*4,6-7,9-14,17,21-23H,5,8H2,1-3H3,(H2,27,31)(H2,28,29,30);2*2,4-5,7-12,15,19-21,30-31H,3,6H2,1H3,(H2,24,28)(H2,25,26,27)/t14-,17+,21-,22-,23+;14-,17-,21+,22+,23-;12-,15+,19-,20-,21+;12-,15-,19+,20+,21-/m1010/s1. The third kappa shape index (κ3) is 16.3. The molecule has 672 valence electrons. The predicted molar refractivity (Wildman–Crippen MR) is 504 cm³/mol. The first-order chi connectivity index (χ1) is 62.5. The molecule has 2 aliphatic heterocycles. The number of anilines is 8. The zero-order valence-corrected chi connectivity index (χ0v) is 73.9. The Morgan fingerprint density at radius 3 is 0.808 bits per heavy atom. The maximum absolute atomic E-state index is 10.9. The third-order valence-corrected chi connectivity index (χ3v) is 28.6. The van der Waals surface area contributed by atoms with Gasteiger partial charge in [0.15, 0.2) is 11.6 Å². The normalized spacial score (nSPS) is 27.1. The number of nitrogens with two attached hydrogens (primary N) is 8. The van der Waals surface area contributed by atoms with Crippen LogP contribution in [0.1, 0.15) is 127 Å². The fraction of sp³-hybridized carbons (Fsp3) is 0.388. The van der Waals surface area contributed by atoms with Gasteiger partial charge in [0, 0.05) is 46.3 Å². The van der Waals surface area contributed by atoms with Gasteiger partial charge < -0.3 is 104 Å². The molecule has 12 aromatic heterocycles. The monoisotopic (exact) mass is 1750 g/mol. The fourth-order valence-corrected chi connectivity index (χ4v) is 22.2. The van der Waals surface area contributed by atoms with E-state index < -0.39 is 36.0 Å². The second-order valence-corrected chi connectivity index (χ2v) is 37.2. The van der Waals surface area contributed by atoms with Crippen molar-refractivity contribution in [2.24, 2.45) is 47.3 Å². The quantitative estimate of drug-likeness (QED) is 0.0427. The Labute approximate surface area is 750 Å². The zero-order valence-electron chi connectivity index (χ0n) is 73.9. The number of benzene rings is 4. The van der Waals surface area contributed by atoms with E-state index in [2.05, 4.69) is 158 Å². The molecule has 6 fully saturated rings. The molecule has 0 unspecified atom stereocenters. The number of aromatic nitrogens is 16. The van der Waals surface area contributed by atoms with Gasteiger partial charge in [-0.2, -0.15) is 0 Å². The van der Waals surface area contributed by atoms with Crippen molar-refractivity contribution in [3.63, 3.8) is 0 Å². The van der Waals surface area contributed by atoms with Gasteiger partial charge in [0.2, 0.25) is 0 Å². The van der Waals surface area contributed by atoms with E-state index in [1.165, 1.54) is 36.4 Å². The second kappa shape index (κ2) is 34.5. The lowest BCUT2D eigenvalue weighted by Crippen LogP contribution is -2.30. The molecule has 0 spiro atoms. The molecule has 0 radical (unpaired) electrons. The summed E-state index contributed by atoms with van der Waals surface area (Å²) in [6.45, 7) is 16.7. The molecule has 6 aliphatic rings. The Morgan fingerprint density at radius 2 is 0.531 bits per heavy atom. The highest BCUT2D eigenvalue weighted by atomic mass is 16.8. The molecule has 0 amide bonds. The minimum absolute atomic E-state index is 0.0147. The van der Waals surface area contributed by atoms with Crippen molar-refractivity contribution in [1.29, 1.82) is 0 Å². The molecular weight excluding hydrogens is 1640 g/mol. The molecule has 14 heterocycles. The van der Waals surface area contributed by atoms with E-state index in [4.69, 9.17) is 64.8 Å². The van der Waals surface area contributed by atoms with Crippen molar-refractivity contribution in [2.45, 2.75) is 191 Å². The largest absolute Gasteiger partial charge is 0.390 e. The Bertz CT molecular complexity index is 6490. The Morgan fingerprint density at radius 1 is 0.292 bits per heavy atom. The molecular formula is C98H112N24O8. The first-order valence-corrected chi connectivity index (χ1v) is 44.8. The minimum atomic E-state index is -0.884. The van der Waals surface area contributed by atoms with Gasteiger partial charge in [0.25, 0.3) is 0 Å². The smallest absolute Gasteiger partial charge is 0.163 e. The summed E-state index contributed by atoms with van der Waals surface area (Å²) in [5, 5.41) is 51.1. The number of pyridine rings is 4. The number of nitrogens with zero attached hydrogens (tertiary/aromatic N) is 16. The number of aryl methyl sites for hydroxylation is 4. The molecule has 4 aliphatic carbocycles. The van der Waals surface area contributed by atoms with Crippen LogP contribution in [0.2, 0.25) is 0 Å². The number of aliphatic hydroxyl groups excluding tert-OH is 4. The van der Waals surface area contributed by atoms with Gasteiger partial charge in [-0.15, -0.1) is 0 Å². The average molecular weight is 1750 g/mol. The summed E-state index contributed by atoms with van der Waals surface area (Å²) in [4.78, 5) is 52.0. The maximum atomic E-state index is 10.9. The first kappa shape index (κ1) is 86.5. The van der Waals surface area contributed by atoms with Crippen LogP contribution in [0.15, 0.2) is 196 Å². The SMILES string of the molecule is C[C@@H]1[C@H](CCc2ccc3ccc(N)nc3c2)[C@@H](O)[C@@H](O)[C@@H]1n1ccc2c(N)ncnc21.C[C@@H]1[C@H](CCc2ccc3ccc(N)nc3c2)[C@H]2OC(C)(C)O[C@H]2[C@@H]1n1ccc2c(N)ncnc21.C[C@H]1[C@H](CCc2ccc3ccc(N)nc3c2)[C@@H](O)[C@@H](O)[C@@H]1n1ccc2c(N)ncnc21.C[C@H]1[C@H](CCc2ccc3ccc(N)nc3c2)[C@H]2OC(C)(C)O[C@H]2[C@@H]1n1ccc2c(N)ncnc21. The van der Waals surface area contributed by atoms with E-state index in [0.717, 1.165) is 139 Å². The predicted octanol–water partition coefficient (Wildman–Crippen LogP) is 12.8. The van der Waals surface area contributed by atoms with E-state index in [1.807, 2.05) is 134 Å². The van der Waals surface area contributed by atoms with Gasteiger partial charge in [-0.1, -0.05) is 76.2 Å². The summed E-state index contributed by atoms with van der Waals surface area (Å²) < 4.78 is 34.2. The molecule has 4 saturated carbocycles. The number of ether oxygens (including phenoxy) is 4. The molecule has 2 saturated heterocycles. The van der Waals surface area contributed by atoms with E-state index in [1.54, 1.807) is 12.1 Å². The van der Waals surface area contributed by atoms with Crippen molar-refractivity contribution in [2.75, 3.05) is 45.9 Å². The van der Waals surface area contributed by atoms with E-state index in [9.17, 15) is 20.4 Å². The zero-order chi connectivity index (χ0) is 90.6. The summed E-state index contributed by atoms with van der Waals surface area (Å²) in [5.74, 6) is 3.96. The fourth-order valence-electron chi connectivity index (χ4n) is 22.2. The van der Waals surface area contributed by atoms with Gasteiger partial charge in [-0.25, -0.2) is 59.8 Å². The van der Waals surface area contributed by atoms with Gasteiger partial charge in [0.05, 0.1) is 92.2 Å². The topological polar surface area (TPSA) is 500 Å². The highest BCUT2D eigenvalue weighted by Gasteiger charge is 2.60. The molecule has 20 N–H and O–H groups in total. The number of rotatable bonds is 16. The molecule has 32 nitrogen and oxygen atoms in total. The van der Waals surface area contributed by atoms with Crippen LogP contribution in [0.4, 0.5) is 46.5 Å². The minimum Gasteiger partial charge on any atom is -0.390 e. The van der Waals surface area contributed by atoms with Crippen LogP contribution >= 0.6 is 0 Å². The van der Waals surface area contributed by atoms with Crippen molar-refractivity contribution in [3.8, 4) is 0 Å². The highest BCUT2D eigenvalue weighted by molar-refractivity contribution is 5.90. The summed E-state index contributed by atoms with van der Waals surface area (Å²) in [6, 6.07) is 47.8. The molecule has 16 aromatic rings. The Balaban J connectivity index is 0.000000112. The number of hydrogen-bond donors (Lipinski definition) is 12. The van der Waals surface area contributed by atoms with Crippen LogP contribution in [-0.2, 0) is 44.6 Å². The molecule has 130 heavy (non-hydrogen) atoms. The summed E-state index contributed by atoms with van der Waals surface area (Å²) in [7, 11) is 0. The van der Waals surface area contributed by atoms with Crippen molar-refractivity contribution < 1.29 is 39.4 Å². The Kier molecular flexibility index (Phi) is 22.9. The third-order valence-electron chi connectivity index (χ3n) is 28.6. The van der Waals surface area contributed by atoms with E-state index in [0.29, 0.717) is 81.5 Å². The first-order valence-electron chi connectivity index (χ1n) is 44.8. The molecule has 32 heteroatoms. The van der Waals surface area contributed by atoms with Crippen LogP contribution < -0.4 is 45.9 Å². The second-order valence-electron chi connectivity index (χ2n) is 37.2. The molecule has 4 aromatic carbocycles. The van der Waals surface area contributed by atoms with Crippen LogP contribution in [0.25, 0.3) is 87.7 Å². The Hall–Kier alpha value is -12.9. The van der Waals surface area contributed by atoms with Crippen molar-refractivity contribution in [1.82, 2.24) is 78.1 Å². The molecule has 20 atom stereocenters. The highest BCUT2D eigenvalue weighted by Crippen LogP contribution is 2.55. The van der Waals surface area contributed by atoms with E-state index in [-0.39, 0.29) is 72.3 Å². The van der Waals surface area contributed by atoms with Gasteiger partial charge in [-0.3, -0.25) is 0 Å². The van der Waals surface area contributed by atoms with Gasteiger partial charge in [0.1, 0.15) is 119 Å². The van der Waals surface area contributed by atoms with Crippen LogP contribution in [0.3, 0.4) is 0 Å². The number of fused-ring (bicyclic) bond motifs is 10. The molecule has 22 rings (SSSR count). The maximum Gasteiger partial charge on any atom is 0.163 e. The average Bonchev–Trinajstić information content (AvgIpc) is 1.56. The van der Waals surface area contributed by atoms with E-state index >= 15 is 0 Å². The van der Waals surface area contributed by atoms with Gasteiger partial charge >= 0.3 is 0 Å². The number of aliphatic hydroxyl groups is 4. The van der Waals surface area contributed by atoms with Crippen molar-refractivity contribution >= 4 is 134 Å². The van der Waals surface area contributed by atoms with Crippen molar-refractivity contribution in [3.05, 3.63) is 218 Å². The lowest BCUT2D eigenvalue weighted by Gasteiger charge is -2.29. The lowest BCUT2D eigenvalue weighted by molar-refractivity contribution is -0.165. The number of hydrogen-bond acceptors (Lipinski definition) is 28. The van der Waals surface area contributed by atoms with Gasteiger partial charge in [-0.05, 0) is 246 Å². The number of nitrogen functional groups attached to an aromatic ring is 8. The van der Waals surface area contributed by atoms with Crippen LogP contribution in [-0.4, -0.2) is 159 Å².